The summed E-state index contributed by atoms with van der Waals surface area (Å²) >= 11 is 0. The Kier molecular flexibility index (Phi) is 3.62. The molecule has 5 heteroatoms. The number of rotatable bonds is 3. The maximum Gasteiger partial charge on any atom is 0.358 e. The Morgan fingerprint density at radius 1 is 1.09 bits per heavy atom. The smallest absolute Gasteiger partial charge is 0.358 e. The van der Waals surface area contributed by atoms with Crippen molar-refractivity contribution in [3.8, 4) is 17.1 Å². The average molecular weight is 293 g/mol. The minimum atomic E-state index is -0.466. The second kappa shape index (κ2) is 5.73. The van der Waals surface area contributed by atoms with Crippen molar-refractivity contribution in [2.24, 2.45) is 0 Å². The number of aromatic nitrogens is 2. The molecule has 0 spiro atoms. The number of methoxy groups -OCH3 is 1. The molecule has 0 bridgehead atoms. The molecule has 3 aromatic rings. The molecule has 110 valence electrons. The second-order valence-electron chi connectivity index (χ2n) is 4.77. The Morgan fingerprint density at radius 3 is 2.41 bits per heavy atom. The lowest BCUT2D eigenvalue weighted by atomic mass is 10.2. The molecule has 1 heterocycles. The molecule has 0 amide bonds. The van der Waals surface area contributed by atoms with Gasteiger partial charge in [0.1, 0.15) is 5.82 Å². The van der Waals surface area contributed by atoms with Gasteiger partial charge in [-0.15, -0.1) is 0 Å². The van der Waals surface area contributed by atoms with Crippen molar-refractivity contribution in [2.45, 2.75) is 0 Å². The highest BCUT2D eigenvalue weighted by molar-refractivity contribution is 5.88. The number of hydrogen-bond donors (Lipinski definition) is 1. The van der Waals surface area contributed by atoms with E-state index in [0.717, 1.165) is 11.3 Å². The number of nitrogens with zero attached hydrogens (tertiary/aromatic N) is 2. The van der Waals surface area contributed by atoms with E-state index in [9.17, 15) is 4.79 Å². The molecule has 0 aliphatic carbocycles. The number of carbonyl (C=O) groups excluding carboxylic acids is 1. The fraction of sp³-hybridized carbons (Fsp3) is 0.0588. The zero-order chi connectivity index (χ0) is 15.5. The number of hydrogen-bond acceptors (Lipinski definition) is 4. The van der Waals surface area contributed by atoms with Gasteiger partial charge in [-0.3, -0.25) is 4.57 Å². The molecular weight excluding hydrogens is 278 g/mol. The van der Waals surface area contributed by atoms with Gasteiger partial charge in [0.2, 0.25) is 0 Å². The van der Waals surface area contributed by atoms with Crippen molar-refractivity contribution in [1.29, 1.82) is 0 Å². The van der Waals surface area contributed by atoms with Crippen LogP contribution in [-0.4, -0.2) is 22.6 Å². The third-order valence-electron chi connectivity index (χ3n) is 3.30. The van der Waals surface area contributed by atoms with E-state index >= 15 is 0 Å². The highest BCUT2D eigenvalue weighted by Gasteiger charge is 2.16. The van der Waals surface area contributed by atoms with Gasteiger partial charge in [0.25, 0.3) is 0 Å². The summed E-state index contributed by atoms with van der Waals surface area (Å²) in [5.41, 5.74) is 8.45. The van der Waals surface area contributed by atoms with Crippen LogP contribution >= 0.6 is 0 Å². The van der Waals surface area contributed by atoms with Gasteiger partial charge >= 0.3 is 5.97 Å². The number of anilines is 1. The SMILES string of the molecule is COC(=O)c1cn(-c2ccc(N)cc2)c(-c2ccccc2)n1. The molecular formula is C17H15N3O2. The van der Waals surface area contributed by atoms with E-state index in [1.165, 1.54) is 7.11 Å². The molecule has 0 aliphatic rings. The van der Waals surface area contributed by atoms with E-state index < -0.39 is 5.97 Å². The van der Waals surface area contributed by atoms with E-state index in [4.69, 9.17) is 10.5 Å². The van der Waals surface area contributed by atoms with Crippen LogP contribution in [0.25, 0.3) is 17.1 Å². The van der Waals surface area contributed by atoms with Crippen LogP contribution in [0.15, 0.2) is 60.8 Å². The van der Waals surface area contributed by atoms with Gasteiger partial charge in [-0.25, -0.2) is 9.78 Å². The normalized spacial score (nSPS) is 10.4. The fourth-order valence-electron chi connectivity index (χ4n) is 2.21. The lowest BCUT2D eigenvalue weighted by molar-refractivity contribution is 0.0594. The first-order valence-electron chi connectivity index (χ1n) is 6.78. The van der Waals surface area contributed by atoms with Gasteiger partial charge in [-0.05, 0) is 24.3 Å². The van der Waals surface area contributed by atoms with Crippen molar-refractivity contribution in [1.82, 2.24) is 9.55 Å². The topological polar surface area (TPSA) is 70.1 Å². The minimum absolute atomic E-state index is 0.262. The Labute approximate surface area is 128 Å². The summed E-state index contributed by atoms with van der Waals surface area (Å²) in [5, 5.41) is 0. The standard InChI is InChI=1S/C17H15N3O2/c1-22-17(21)15-11-20(14-9-7-13(18)8-10-14)16(19-15)12-5-3-2-4-6-12/h2-11H,18H2,1H3. The summed E-state index contributed by atoms with van der Waals surface area (Å²) in [6.45, 7) is 0. The number of nitrogen functional groups attached to an aromatic ring is 1. The van der Waals surface area contributed by atoms with Crippen molar-refractivity contribution >= 4 is 11.7 Å². The Bertz CT molecular complexity index is 793. The predicted octanol–water partition coefficient (Wildman–Crippen LogP) is 2.91. The van der Waals surface area contributed by atoms with E-state index in [1.807, 2.05) is 59.2 Å². The first-order chi connectivity index (χ1) is 10.7. The fourth-order valence-corrected chi connectivity index (χ4v) is 2.21. The van der Waals surface area contributed by atoms with E-state index in [1.54, 1.807) is 6.20 Å². The number of ether oxygens (including phenoxy) is 1. The van der Waals surface area contributed by atoms with Gasteiger partial charge in [0, 0.05) is 23.1 Å². The highest BCUT2D eigenvalue weighted by Crippen LogP contribution is 2.23. The lowest BCUT2D eigenvalue weighted by Crippen LogP contribution is -2.01. The third-order valence-corrected chi connectivity index (χ3v) is 3.30. The van der Waals surface area contributed by atoms with Crippen molar-refractivity contribution in [3.63, 3.8) is 0 Å². The van der Waals surface area contributed by atoms with Crippen molar-refractivity contribution in [3.05, 3.63) is 66.5 Å². The maximum atomic E-state index is 11.8. The van der Waals surface area contributed by atoms with Gasteiger partial charge in [-0.2, -0.15) is 0 Å². The number of nitrogens with two attached hydrogens (primary N) is 1. The van der Waals surface area contributed by atoms with Crippen LogP contribution in [0.5, 0.6) is 0 Å². The first-order valence-corrected chi connectivity index (χ1v) is 6.78. The van der Waals surface area contributed by atoms with E-state index in [-0.39, 0.29) is 5.69 Å². The summed E-state index contributed by atoms with van der Waals surface area (Å²) in [6.07, 6.45) is 1.67. The molecule has 0 radical (unpaired) electrons. The lowest BCUT2D eigenvalue weighted by Gasteiger charge is -2.08. The van der Waals surface area contributed by atoms with Crippen LogP contribution in [0, 0.1) is 0 Å². The van der Waals surface area contributed by atoms with Gasteiger partial charge in [0.15, 0.2) is 5.69 Å². The molecule has 0 atom stereocenters. The molecule has 0 fully saturated rings. The molecule has 0 aliphatic heterocycles. The monoisotopic (exact) mass is 293 g/mol. The van der Waals surface area contributed by atoms with Crippen LogP contribution in [0.1, 0.15) is 10.5 Å². The molecule has 2 N–H and O–H groups in total. The zero-order valence-electron chi connectivity index (χ0n) is 12.1. The molecule has 0 saturated heterocycles. The predicted molar refractivity (Wildman–Crippen MR) is 84.8 cm³/mol. The quantitative estimate of drug-likeness (QED) is 0.595. The van der Waals surface area contributed by atoms with Gasteiger partial charge < -0.3 is 10.5 Å². The molecule has 5 nitrogen and oxygen atoms in total. The van der Waals surface area contributed by atoms with Gasteiger partial charge in [0.05, 0.1) is 7.11 Å². The van der Waals surface area contributed by atoms with Crippen molar-refractivity contribution in [2.75, 3.05) is 12.8 Å². The summed E-state index contributed by atoms with van der Waals surface area (Å²) in [6, 6.07) is 17.0. The zero-order valence-corrected chi connectivity index (χ0v) is 12.1. The largest absolute Gasteiger partial charge is 0.464 e. The summed E-state index contributed by atoms with van der Waals surface area (Å²) in [5.74, 6) is 0.206. The minimum Gasteiger partial charge on any atom is -0.464 e. The van der Waals surface area contributed by atoms with E-state index in [2.05, 4.69) is 4.98 Å². The van der Waals surface area contributed by atoms with E-state index in [0.29, 0.717) is 11.5 Å². The van der Waals surface area contributed by atoms with Crippen LogP contribution < -0.4 is 5.73 Å². The van der Waals surface area contributed by atoms with Crippen LogP contribution in [0.2, 0.25) is 0 Å². The molecule has 1 aromatic heterocycles. The van der Waals surface area contributed by atoms with Crippen LogP contribution in [0.4, 0.5) is 5.69 Å². The number of carbonyl (C=O) groups is 1. The Hall–Kier alpha value is -3.08. The summed E-state index contributed by atoms with van der Waals surface area (Å²) in [7, 11) is 1.34. The first kappa shape index (κ1) is 13.9. The van der Waals surface area contributed by atoms with Crippen LogP contribution in [-0.2, 0) is 4.74 Å². The second-order valence-corrected chi connectivity index (χ2v) is 4.77. The maximum absolute atomic E-state index is 11.8. The highest BCUT2D eigenvalue weighted by atomic mass is 16.5. The molecule has 2 aromatic carbocycles. The molecule has 0 unspecified atom stereocenters. The Morgan fingerprint density at radius 2 is 1.77 bits per heavy atom. The number of esters is 1. The van der Waals surface area contributed by atoms with Crippen LogP contribution in [0.3, 0.4) is 0 Å². The average Bonchev–Trinajstić information content (AvgIpc) is 3.01. The Balaban J connectivity index is 2.17. The van der Waals surface area contributed by atoms with Gasteiger partial charge in [-0.1, -0.05) is 30.3 Å². The molecule has 22 heavy (non-hydrogen) atoms. The van der Waals surface area contributed by atoms with Crippen molar-refractivity contribution < 1.29 is 9.53 Å². The third kappa shape index (κ3) is 2.56. The number of imidazole rings is 1. The number of benzene rings is 2. The summed E-state index contributed by atoms with van der Waals surface area (Å²) in [4.78, 5) is 16.2. The summed E-state index contributed by atoms with van der Waals surface area (Å²) < 4.78 is 6.61. The molecule has 0 saturated carbocycles. The molecule has 3 rings (SSSR count).